The van der Waals surface area contributed by atoms with E-state index < -0.39 is 0 Å². The highest BCUT2D eigenvalue weighted by Crippen LogP contribution is 2.26. The van der Waals surface area contributed by atoms with Gasteiger partial charge in [0.25, 0.3) is 5.91 Å². The lowest BCUT2D eigenvalue weighted by Crippen LogP contribution is -2.12. The highest BCUT2D eigenvalue weighted by atomic mass is 32.2. The molecule has 7 nitrogen and oxygen atoms in total. The van der Waals surface area contributed by atoms with E-state index >= 15 is 0 Å². The number of nitrogens with zero attached hydrogens (tertiary/aromatic N) is 4. The summed E-state index contributed by atoms with van der Waals surface area (Å²) in [6.45, 7) is 3.58. The summed E-state index contributed by atoms with van der Waals surface area (Å²) in [5, 5.41) is 15.7. The molecule has 23 heavy (non-hydrogen) atoms. The number of aromatic nitrogens is 4. The van der Waals surface area contributed by atoms with E-state index in [0.717, 1.165) is 9.90 Å². The second-order valence-corrected chi connectivity index (χ2v) is 6.79. The number of carbonyl (C=O) groups excluding carboxylic acids is 1. The number of hydrogen-bond donors (Lipinski definition) is 1. The van der Waals surface area contributed by atoms with Gasteiger partial charge in [0.2, 0.25) is 11.0 Å². The predicted octanol–water partition coefficient (Wildman–Crippen LogP) is 3.08. The molecule has 0 aliphatic carbocycles. The van der Waals surface area contributed by atoms with Crippen LogP contribution in [-0.4, -0.2) is 26.2 Å². The van der Waals surface area contributed by atoms with Crippen molar-refractivity contribution in [2.45, 2.75) is 24.5 Å². The number of carbonyl (C=O) groups is 1. The van der Waals surface area contributed by atoms with E-state index in [1.165, 1.54) is 23.1 Å². The fourth-order valence-electron chi connectivity index (χ4n) is 1.83. The Morgan fingerprint density at radius 2 is 2.13 bits per heavy atom. The average molecular weight is 347 g/mol. The zero-order chi connectivity index (χ0) is 16.2. The summed E-state index contributed by atoms with van der Waals surface area (Å²) in [6, 6.07) is 7.36. The van der Waals surface area contributed by atoms with E-state index in [9.17, 15) is 4.79 Å². The smallest absolute Gasteiger partial charge is 0.258 e. The molecule has 1 N–H and O–H groups in total. The summed E-state index contributed by atoms with van der Waals surface area (Å²) in [6.07, 6.45) is 0. The van der Waals surface area contributed by atoms with Crippen LogP contribution in [0.2, 0.25) is 0 Å². The van der Waals surface area contributed by atoms with Gasteiger partial charge < -0.3 is 4.52 Å². The summed E-state index contributed by atoms with van der Waals surface area (Å²) >= 11 is 2.82. The second-order valence-electron chi connectivity index (χ2n) is 4.59. The van der Waals surface area contributed by atoms with Crippen LogP contribution in [0, 0.1) is 13.8 Å². The molecule has 9 heteroatoms. The van der Waals surface area contributed by atoms with Crippen molar-refractivity contribution in [3.63, 3.8) is 0 Å². The molecule has 3 aromatic rings. The predicted molar refractivity (Wildman–Crippen MR) is 87.6 cm³/mol. The number of nitrogens with one attached hydrogen (secondary N) is 1. The lowest BCUT2D eigenvalue weighted by molar-refractivity contribution is 0.102. The molecule has 1 amide bonds. The van der Waals surface area contributed by atoms with Crippen LogP contribution in [0.3, 0.4) is 0 Å². The molecule has 0 unspecified atom stereocenters. The van der Waals surface area contributed by atoms with Gasteiger partial charge in [-0.25, -0.2) is 0 Å². The van der Waals surface area contributed by atoms with Gasteiger partial charge in [0.05, 0.1) is 11.3 Å². The minimum absolute atomic E-state index is 0.214. The van der Waals surface area contributed by atoms with Crippen LogP contribution < -0.4 is 5.32 Å². The Bertz CT molecular complexity index is 830. The molecule has 118 valence electrons. The Balaban J connectivity index is 1.73. The maximum Gasteiger partial charge on any atom is 0.258 e. The van der Waals surface area contributed by atoms with E-state index in [1.54, 1.807) is 13.0 Å². The Kier molecular flexibility index (Phi) is 4.68. The molecule has 1 aromatic carbocycles. The van der Waals surface area contributed by atoms with Gasteiger partial charge in [-0.3, -0.25) is 10.1 Å². The summed E-state index contributed by atoms with van der Waals surface area (Å²) in [5.74, 6) is 1.44. The second kappa shape index (κ2) is 6.88. The molecular weight excluding hydrogens is 334 g/mol. The summed E-state index contributed by atoms with van der Waals surface area (Å²) in [5.41, 5.74) is 0.575. The number of rotatable bonds is 5. The quantitative estimate of drug-likeness (QED) is 0.709. The molecule has 0 saturated carbocycles. The van der Waals surface area contributed by atoms with Crippen molar-refractivity contribution >= 4 is 34.1 Å². The summed E-state index contributed by atoms with van der Waals surface area (Å²) in [4.78, 5) is 17.4. The van der Waals surface area contributed by atoms with Crippen LogP contribution in [0.4, 0.5) is 5.13 Å². The molecule has 2 heterocycles. The number of aryl methyl sites for hydroxylation is 2. The molecule has 0 atom stereocenters. The van der Waals surface area contributed by atoms with Gasteiger partial charge in [0.1, 0.15) is 5.01 Å². The van der Waals surface area contributed by atoms with Crippen LogP contribution >= 0.6 is 23.1 Å². The molecule has 2 aromatic heterocycles. The number of thioether (sulfide) groups is 1. The maximum atomic E-state index is 12.4. The molecule has 0 bridgehead atoms. The highest BCUT2D eigenvalue weighted by Gasteiger charge is 2.14. The van der Waals surface area contributed by atoms with Crippen LogP contribution in [0.1, 0.15) is 27.1 Å². The standard InChI is InChI=1S/C14H13N5O2S2/c1-8-15-12(19-21-8)7-22-11-6-4-3-5-10(11)13(20)16-14-18-17-9(2)23-14/h3-6H,7H2,1-2H3,(H,16,18,20). The summed E-state index contributed by atoms with van der Waals surface area (Å²) in [7, 11) is 0. The van der Waals surface area contributed by atoms with Crippen molar-refractivity contribution in [2.24, 2.45) is 0 Å². The van der Waals surface area contributed by atoms with Crippen LogP contribution in [0.15, 0.2) is 33.7 Å². The lowest BCUT2D eigenvalue weighted by atomic mass is 10.2. The fourth-order valence-corrected chi connectivity index (χ4v) is 3.31. The van der Waals surface area contributed by atoms with Gasteiger partial charge in [0.15, 0.2) is 5.82 Å². The van der Waals surface area contributed by atoms with E-state index in [2.05, 4.69) is 25.7 Å². The van der Waals surface area contributed by atoms with Crippen molar-refractivity contribution < 1.29 is 9.32 Å². The minimum Gasteiger partial charge on any atom is -0.340 e. The topological polar surface area (TPSA) is 93.8 Å². The molecule has 0 fully saturated rings. The van der Waals surface area contributed by atoms with Crippen molar-refractivity contribution in [3.05, 3.63) is 46.6 Å². The molecule has 0 aliphatic rings. The molecule has 0 spiro atoms. The van der Waals surface area contributed by atoms with Crippen molar-refractivity contribution in [1.82, 2.24) is 20.3 Å². The molecule has 3 rings (SSSR count). The highest BCUT2D eigenvalue weighted by molar-refractivity contribution is 7.98. The van der Waals surface area contributed by atoms with Gasteiger partial charge >= 0.3 is 0 Å². The van der Waals surface area contributed by atoms with Gasteiger partial charge in [0, 0.05) is 11.8 Å². The normalized spacial score (nSPS) is 10.7. The fraction of sp³-hybridized carbons (Fsp3) is 0.214. The third-order valence-electron chi connectivity index (χ3n) is 2.80. The largest absolute Gasteiger partial charge is 0.340 e. The molecule has 0 aliphatic heterocycles. The van der Waals surface area contributed by atoms with E-state index in [4.69, 9.17) is 4.52 Å². The number of amides is 1. The van der Waals surface area contributed by atoms with Crippen molar-refractivity contribution in [2.75, 3.05) is 5.32 Å². The van der Waals surface area contributed by atoms with Gasteiger partial charge in [-0.15, -0.1) is 22.0 Å². The van der Waals surface area contributed by atoms with Gasteiger partial charge in [-0.1, -0.05) is 28.6 Å². The van der Waals surface area contributed by atoms with E-state index in [-0.39, 0.29) is 5.91 Å². The Morgan fingerprint density at radius 1 is 1.30 bits per heavy atom. The molecule has 0 radical (unpaired) electrons. The molecular formula is C14H13N5O2S2. The van der Waals surface area contributed by atoms with E-state index in [0.29, 0.717) is 28.2 Å². The number of benzene rings is 1. The third kappa shape index (κ3) is 3.93. The van der Waals surface area contributed by atoms with Crippen LogP contribution in [-0.2, 0) is 5.75 Å². The SMILES string of the molecule is Cc1nc(CSc2ccccc2C(=O)Nc2nnc(C)s2)no1. The number of anilines is 1. The maximum absolute atomic E-state index is 12.4. The first-order valence-corrected chi connectivity index (χ1v) is 8.54. The van der Waals surface area contributed by atoms with Crippen molar-refractivity contribution in [3.8, 4) is 0 Å². The van der Waals surface area contributed by atoms with Crippen molar-refractivity contribution in [1.29, 1.82) is 0 Å². The third-order valence-corrected chi connectivity index (χ3v) is 4.63. The van der Waals surface area contributed by atoms with E-state index in [1.807, 2.05) is 25.1 Å². The monoisotopic (exact) mass is 347 g/mol. The van der Waals surface area contributed by atoms with Crippen LogP contribution in [0.5, 0.6) is 0 Å². The van der Waals surface area contributed by atoms with Gasteiger partial charge in [-0.05, 0) is 19.1 Å². The summed E-state index contributed by atoms with van der Waals surface area (Å²) < 4.78 is 4.94. The first-order valence-electron chi connectivity index (χ1n) is 6.74. The zero-order valence-corrected chi connectivity index (χ0v) is 14.1. The van der Waals surface area contributed by atoms with Crippen LogP contribution in [0.25, 0.3) is 0 Å². The van der Waals surface area contributed by atoms with Gasteiger partial charge in [-0.2, -0.15) is 4.98 Å². The molecule has 0 saturated heterocycles. The minimum atomic E-state index is -0.214. The Labute approximate surface area is 140 Å². The Hall–Kier alpha value is -2.26. The average Bonchev–Trinajstić information content (AvgIpc) is 3.14. The zero-order valence-electron chi connectivity index (χ0n) is 12.4. The number of hydrogen-bond acceptors (Lipinski definition) is 8. The first-order chi connectivity index (χ1) is 11.1. The lowest BCUT2D eigenvalue weighted by Gasteiger charge is -2.07. The first kappa shape index (κ1) is 15.6. The Morgan fingerprint density at radius 3 is 2.83 bits per heavy atom.